The van der Waals surface area contributed by atoms with Gasteiger partial charge in [-0.1, -0.05) is 36.4 Å². The van der Waals surface area contributed by atoms with Gasteiger partial charge in [0.25, 0.3) is 5.91 Å². The van der Waals surface area contributed by atoms with Crippen molar-refractivity contribution < 1.29 is 73.0 Å². The van der Waals surface area contributed by atoms with Crippen LogP contribution in [0.15, 0.2) is 103 Å². The molecule has 6 N–H and O–H groups in total. The van der Waals surface area contributed by atoms with Crippen LogP contribution in [0.1, 0.15) is 208 Å². The molecule has 0 spiro atoms. The molecule has 130 heavy (non-hydrogen) atoms. The molecule has 0 saturated carbocycles. The van der Waals surface area contributed by atoms with Gasteiger partial charge >= 0.3 is 0 Å². The van der Waals surface area contributed by atoms with Crippen LogP contribution in [0.4, 0.5) is 4.39 Å². The van der Waals surface area contributed by atoms with E-state index in [2.05, 4.69) is 109 Å². The standard InChI is InChI=1S/2C18H21NO2S.C17H19NO3S.C17H17NO3S.C17H19NO2S.C16H16FNO2S/c1-10-11(2)22-16-6-7-19-9-13-12(8-14(19)17(10)16)4-5-15(20)18(13)21-3;1-10-8-13-14-9-12-4-5-15(20)18(21-3)17(12)11(2)19(14)7-6-16(13)22-10;1-20-16-8-11-13-7-10-3-4-14(19)17(21-2)12(10)9-18(13)6-5-15(11)22-16;1-9-7-11-12-8-10-3-4-13(19)16(21-2)15(10)17(20)18(12)6-5-14(11)22-9;1-10-7-12-5-6-18-9-13-11(8-14(18)17(12)21-10)3-4-15(19)16(13)20-2;1-20-16-11-8-18-5-4-14-10(7-15(17)21-14)12(18)6-9(11)2-3-13(16)19/h4-5,14,20H,6-9H2,1-3H3;4-5,8,11,14,20H,6-7,9H2,1-3H3;3-4,8,13,19H,5-7,9H2,1-2H3;3-4,7,12,19H,5-6,8H2,1-2H3;3-4,7,14,19H,5-6,8-9H2,1-2H3;2-3,7,12,19H,4-6,8H2,1H3/t14-;11?,14-;13-;12-;14-;12-/m000000/s1. The van der Waals surface area contributed by atoms with E-state index in [-0.39, 0.29) is 63.7 Å². The van der Waals surface area contributed by atoms with E-state index >= 15 is 0 Å². The number of carbonyl (C=O) groups is 1. The lowest BCUT2D eigenvalue weighted by Gasteiger charge is -2.45. The van der Waals surface area contributed by atoms with Gasteiger partial charge in [-0.25, -0.2) is 0 Å². The molecular formula is C103H113FN6O14S6. The van der Waals surface area contributed by atoms with Gasteiger partial charge in [0.2, 0.25) is 0 Å². The first-order valence-corrected chi connectivity index (χ1v) is 49.9. The van der Waals surface area contributed by atoms with Crippen molar-refractivity contribution in [1.29, 1.82) is 0 Å². The summed E-state index contributed by atoms with van der Waals surface area (Å²) >= 11 is 10.7. The number of nitrogens with zero attached hydrogens (tertiary/aromatic N) is 6. The van der Waals surface area contributed by atoms with Crippen LogP contribution in [-0.2, 0) is 103 Å². The lowest BCUT2D eigenvalue weighted by atomic mass is 9.83. The monoisotopic (exact) mass is 1870 g/mol. The minimum absolute atomic E-state index is 0.0251. The number of methoxy groups -OCH3 is 7. The maximum Gasteiger partial charge on any atom is 0.258 e. The fraction of sp³-hybridized carbons (Fsp3) is 0.408. The number of aryl methyl sites for hydroxylation is 4. The fourth-order valence-corrected chi connectivity index (χ4v) is 29.3. The third-order valence-corrected chi connectivity index (χ3v) is 35.8. The first-order valence-electron chi connectivity index (χ1n) is 45.0. The van der Waals surface area contributed by atoms with E-state index in [0.717, 1.165) is 187 Å². The van der Waals surface area contributed by atoms with Crippen molar-refractivity contribution in [3.05, 3.63) is 263 Å². The number of hydrogen-bond donors (Lipinski definition) is 6. The van der Waals surface area contributed by atoms with E-state index in [0.29, 0.717) is 64.2 Å². The zero-order valence-electron chi connectivity index (χ0n) is 75.9. The van der Waals surface area contributed by atoms with Gasteiger partial charge in [0.05, 0.1) is 61.4 Å². The zero-order chi connectivity index (χ0) is 90.7. The van der Waals surface area contributed by atoms with Crippen LogP contribution in [-0.4, -0.2) is 155 Å². The van der Waals surface area contributed by atoms with Crippen molar-refractivity contribution in [3.8, 4) is 74.1 Å². The lowest BCUT2D eigenvalue weighted by Crippen LogP contribution is -2.44. The summed E-state index contributed by atoms with van der Waals surface area (Å²) in [4.78, 5) is 41.6. The van der Waals surface area contributed by atoms with Crippen LogP contribution in [0.3, 0.4) is 0 Å². The molecule has 24 rings (SSSR count). The maximum atomic E-state index is 13.6. The number of fused-ring (bicyclic) bond motifs is 24. The van der Waals surface area contributed by atoms with Gasteiger partial charge in [0.1, 0.15) is 0 Å². The maximum absolute atomic E-state index is 13.6. The first-order chi connectivity index (χ1) is 62.8. The van der Waals surface area contributed by atoms with Gasteiger partial charge in [-0.2, -0.15) is 4.39 Å². The normalized spacial score (nSPS) is 20.7. The summed E-state index contributed by atoms with van der Waals surface area (Å²) in [5, 5.41) is 60.9. The molecule has 12 aromatic rings. The Morgan fingerprint density at radius 2 is 0.738 bits per heavy atom. The smallest absolute Gasteiger partial charge is 0.258 e. The summed E-state index contributed by atoms with van der Waals surface area (Å²) < 4.78 is 51.4. The van der Waals surface area contributed by atoms with Gasteiger partial charge in [-0.15, -0.1) is 68.0 Å². The highest BCUT2D eigenvalue weighted by Crippen LogP contribution is 2.55. The predicted molar refractivity (Wildman–Crippen MR) is 513 cm³/mol. The second-order valence-electron chi connectivity index (χ2n) is 35.9. The van der Waals surface area contributed by atoms with Crippen LogP contribution < -0.4 is 33.2 Å². The molecule has 18 heterocycles. The third-order valence-electron chi connectivity index (χ3n) is 28.9. The fourth-order valence-electron chi connectivity index (χ4n) is 22.8. The molecule has 0 radical (unpaired) electrons. The lowest BCUT2D eigenvalue weighted by molar-refractivity contribution is 0.0628. The van der Waals surface area contributed by atoms with Crippen molar-refractivity contribution in [2.45, 2.75) is 187 Å². The Balaban J connectivity index is 0.000000101. The largest absolute Gasteiger partial charge is 0.504 e. The Morgan fingerprint density at radius 1 is 0.346 bits per heavy atom. The average molecular weight is 1870 g/mol. The summed E-state index contributed by atoms with van der Waals surface area (Å²) in [6.07, 6.45) is 11.9. The molecule has 1 unspecified atom stereocenters. The molecule has 7 atom stereocenters. The minimum atomic E-state index is -0.0871. The predicted octanol–water partition coefficient (Wildman–Crippen LogP) is 20.6. The van der Waals surface area contributed by atoms with Crippen molar-refractivity contribution in [2.75, 3.05) is 89.0 Å². The Hall–Kier alpha value is -9.88. The highest BCUT2D eigenvalue weighted by Gasteiger charge is 2.45. The number of rotatable bonds is 7. The number of aromatic hydroxyl groups is 6. The van der Waals surface area contributed by atoms with Crippen LogP contribution >= 0.6 is 68.0 Å². The Bertz CT molecular complexity index is 6240. The van der Waals surface area contributed by atoms with Crippen LogP contribution in [0.25, 0.3) is 0 Å². The molecule has 12 aliphatic rings. The molecule has 682 valence electrons. The number of benzene rings is 6. The Labute approximate surface area is 783 Å². The average Bonchev–Trinajstić information content (AvgIpc) is 1.51. The number of phenolic OH excluding ortho intramolecular Hbond substituents is 6. The van der Waals surface area contributed by atoms with Gasteiger partial charge in [-0.05, 0) is 258 Å². The van der Waals surface area contributed by atoms with Crippen molar-refractivity contribution in [2.24, 2.45) is 0 Å². The van der Waals surface area contributed by atoms with Gasteiger partial charge in [0, 0.05) is 178 Å². The summed E-state index contributed by atoms with van der Waals surface area (Å²) in [5.41, 5.74) is 23.5. The number of ether oxygens (including phenoxy) is 7. The molecule has 0 saturated heterocycles. The topological polar surface area (TPSA) is 222 Å². The number of thiophene rings is 6. The SMILES string of the molecule is COc1c(O)ccc2c1C(=O)N1CCc3sc(C)cc3[C@@H]1C2.COc1c(O)ccc2c1C(C)N1CCc3sc(C)cc3[C@@H]1C2.COc1c(O)ccc2c1CN1CCc3cc(C)sc3[C@@H]1C2.COc1c(O)ccc2c1CN1CCc3sc(C)c(C)c3[C@@H]1C2.COc1c(O)ccc2c1CN1CCc3sc(F)cc3[C@@H]1C2.COc1cc2c(s1)CCN1Cc3c(ccc(O)c3OC)C[C@@H]21. The number of amides is 1. The van der Waals surface area contributed by atoms with Crippen molar-refractivity contribution >= 4 is 73.9 Å². The summed E-state index contributed by atoms with van der Waals surface area (Å²) in [5.74, 6) is 4.62. The first kappa shape index (κ1) is 89.3. The quantitative estimate of drug-likeness (QED) is 0.0873. The molecule has 6 aromatic carbocycles. The summed E-state index contributed by atoms with van der Waals surface area (Å²) in [6.45, 7) is 22.5. The summed E-state index contributed by atoms with van der Waals surface area (Å²) in [7, 11) is 11.4. The van der Waals surface area contributed by atoms with E-state index in [4.69, 9.17) is 33.2 Å². The van der Waals surface area contributed by atoms with E-state index in [9.17, 15) is 39.8 Å². The van der Waals surface area contributed by atoms with Crippen LogP contribution in [0.5, 0.6) is 74.1 Å². The third kappa shape index (κ3) is 16.2. The van der Waals surface area contributed by atoms with Gasteiger partial charge in [-0.3, -0.25) is 29.3 Å². The number of halogens is 1. The van der Waals surface area contributed by atoms with Crippen molar-refractivity contribution in [1.82, 2.24) is 29.4 Å². The van der Waals surface area contributed by atoms with Crippen molar-refractivity contribution in [3.63, 3.8) is 0 Å². The molecule has 20 nitrogen and oxygen atoms in total. The van der Waals surface area contributed by atoms with E-state index in [1.54, 1.807) is 112 Å². The number of hydrogen-bond acceptors (Lipinski definition) is 25. The van der Waals surface area contributed by atoms with Crippen LogP contribution in [0, 0.1) is 39.7 Å². The Morgan fingerprint density at radius 3 is 1.27 bits per heavy atom. The van der Waals surface area contributed by atoms with E-state index < -0.39 is 0 Å². The highest BCUT2D eigenvalue weighted by atomic mass is 32.1. The highest BCUT2D eigenvalue weighted by molar-refractivity contribution is 7.14. The molecule has 0 bridgehead atoms. The second kappa shape index (κ2) is 36.6. The molecule has 12 aliphatic heterocycles. The summed E-state index contributed by atoms with van der Waals surface area (Å²) in [6, 6.07) is 35.6. The Kier molecular flexibility index (Phi) is 25.1. The zero-order valence-corrected chi connectivity index (χ0v) is 80.8. The molecular weight excluding hydrogens is 1760 g/mol. The van der Waals surface area contributed by atoms with Gasteiger partial charge < -0.3 is 68.7 Å². The molecule has 1 amide bonds. The van der Waals surface area contributed by atoms with E-state index in [1.165, 1.54) is 113 Å². The molecule has 6 aromatic heterocycles. The van der Waals surface area contributed by atoms with Crippen LogP contribution in [0.2, 0.25) is 0 Å². The number of carbonyl (C=O) groups excluding carboxylic acids is 1. The second-order valence-corrected chi connectivity index (χ2v) is 43.4. The minimum Gasteiger partial charge on any atom is -0.504 e. The van der Waals surface area contributed by atoms with Gasteiger partial charge in [0.15, 0.2) is 79.2 Å². The molecule has 0 fully saturated rings. The molecule has 27 heteroatoms. The molecule has 0 aliphatic carbocycles. The van der Waals surface area contributed by atoms with E-state index in [1.807, 2.05) is 68.4 Å². The number of phenols is 6.